The van der Waals surface area contributed by atoms with Gasteiger partial charge in [0.1, 0.15) is 0 Å². The van der Waals surface area contributed by atoms with Gasteiger partial charge in [-0.25, -0.2) is 0 Å². The van der Waals surface area contributed by atoms with E-state index in [0.717, 1.165) is 19.5 Å². The van der Waals surface area contributed by atoms with Gasteiger partial charge in [-0.3, -0.25) is 4.79 Å². The van der Waals surface area contributed by atoms with Gasteiger partial charge in [0, 0.05) is 32.3 Å². The van der Waals surface area contributed by atoms with Gasteiger partial charge in [-0.1, -0.05) is 0 Å². The standard InChI is InChI=1S/C15H27N3O2/c1-17-7-2-3-12-11-18(8-4-13(12)17)14(19)15(16)5-9-20-10-6-15/h12-13H,2-11,16H2,1H3. The highest BCUT2D eigenvalue weighted by Gasteiger charge is 2.42. The summed E-state index contributed by atoms with van der Waals surface area (Å²) in [7, 11) is 2.22. The van der Waals surface area contributed by atoms with Crippen LogP contribution in [0.2, 0.25) is 0 Å². The third-order valence-electron chi connectivity index (χ3n) is 5.44. The predicted octanol–water partition coefficient (Wildman–Crippen LogP) is 0.437. The summed E-state index contributed by atoms with van der Waals surface area (Å²) in [4.78, 5) is 17.3. The molecule has 3 aliphatic rings. The minimum absolute atomic E-state index is 0.160. The normalized spacial score (nSPS) is 34.6. The van der Waals surface area contributed by atoms with Crippen molar-refractivity contribution in [2.45, 2.75) is 43.7 Å². The van der Waals surface area contributed by atoms with Crippen LogP contribution >= 0.6 is 0 Å². The average Bonchev–Trinajstić information content (AvgIpc) is 2.47. The molecule has 0 aromatic carbocycles. The van der Waals surface area contributed by atoms with Crippen molar-refractivity contribution in [2.75, 3.05) is 39.9 Å². The molecule has 1 amide bonds. The van der Waals surface area contributed by atoms with E-state index in [9.17, 15) is 4.79 Å². The largest absolute Gasteiger partial charge is 0.381 e. The number of nitrogens with two attached hydrogens (primary N) is 1. The summed E-state index contributed by atoms with van der Waals surface area (Å²) < 4.78 is 5.34. The Morgan fingerprint density at radius 2 is 2.00 bits per heavy atom. The lowest BCUT2D eigenvalue weighted by Crippen LogP contribution is -2.62. The Kier molecular flexibility index (Phi) is 4.02. The van der Waals surface area contributed by atoms with Gasteiger partial charge in [0.25, 0.3) is 0 Å². The van der Waals surface area contributed by atoms with Gasteiger partial charge in [0.2, 0.25) is 5.91 Å². The lowest BCUT2D eigenvalue weighted by molar-refractivity contribution is -0.144. The third kappa shape index (κ3) is 2.59. The van der Waals surface area contributed by atoms with Crippen molar-refractivity contribution in [3.05, 3.63) is 0 Å². The van der Waals surface area contributed by atoms with Crippen molar-refractivity contribution in [3.8, 4) is 0 Å². The zero-order valence-electron chi connectivity index (χ0n) is 12.5. The van der Waals surface area contributed by atoms with E-state index in [4.69, 9.17) is 10.5 Å². The summed E-state index contributed by atoms with van der Waals surface area (Å²) in [5.74, 6) is 0.794. The maximum absolute atomic E-state index is 12.8. The van der Waals surface area contributed by atoms with E-state index in [-0.39, 0.29) is 5.91 Å². The summed E-state index contributed by atoms with van der Waals surface area (Å²) in [6.07, 6.45) is 4.92. The second-order valence-corrected chi connectivity index (χ2v) is 6.76. The van der Waals surface area contributed by atoms with Crippen LogP contribution < -0.4 is 5.73 Å². The lowest BCUT2D eigenvalue weighted by atomic mass is 9.82. The molecule has 5 heteroatoms. The predicted molar refractivity (Wildman–Crippen MR) is 77.3 cm³/mol. The fourth-order valence-electron chi connectivity index (χ4n) is 4.10. The number of nitrogens with zero attached hydrogens (tertiary/aromatic N) is 2. The molecule has 0 radical (unpaired) electrons. The van der Waals surface area contributed by atoms with Gasteiger partial charge in [-0.15, -0.1) is 0 Å². The molecule has 3 aliphatic heterocycles. The number of hydrogen-bond donors (Lipinski definition) is 1. The maximum Gasteiger partial charge on any atom is 0.242 e. The third-order valence-corrected chi connectivity index (χ3v) is 5.44. The summed E-state index contributed by atoms with van der Waals surface area (Å²) >= 11 is 0. The van der Waals surface area contributed by atoms with Gasteiger partial charge < -0.3 is 20.3 Å². The zero-order chi connectivity index (χ0) is 14.2. The molecule has 0 aliphatic carbocycles. The second-order valence-electron chi connectivity index (χ2n) is 6.76. The van der Waals surface area contributed by atoms with Crippen LogP contribution in [0.5, 0.6) is 0 Å². The van der Waals surface area contributed by atoms with Crippen molar-refractivity contribution in [3.63, 3.8) is 0 Å². The fourth-order valence-corrected chi connectivity index (χ4v) is 4.10. The molecule has 3 fully saturated rings. The van der Waals surface area contributed by atoms with Crippen molar-refractivity contribution in [1.29, 1.82) is 0 Å². The first-order valence-corrected chi connectivity index (χ1v) is 7.96. The van der Waals surface area contributed by atoms with Crippen LogP contribution in [0, 0.1) is 5.92 Å². The molecule has 0 bridgehead atoms. The Morgan fingerprint density at radius 1 is 1.25 bits per heavy atom. The van der Waals surface area contributed by atoms with Crippen molar-refractivity contribution < 1.29 is 9.53 Å². The number of likely N-dealkylation sites (tertiary alicyclic amines) is 2. The van der Waals surface area contributed by atoms with Crippen molar-refractivity contribution in [2.24, 2.45) is 11.7 Å². The Hall–Kier alpha value is -0.650. The molecule has 0 aromatic heterocycles. The maximum atomic E-state index is 12.8. The molecule has 5 nitrogen and oxygen atoms in total. The molecule has 3 heterocycles. The smallest absolute Gasteiger partial charge is 0.242 e. The topological polar surface area (TPSA) is 58.8 Å². The van der Waals surface area contributed by atoms with Gasteiger partial charge >= 0.3 is 0 Å². The number of piperidine rings is 2. The Balaban J connectivity index is 1.65. The number of ether oxygens (including phenoxy) is 1. The first-order valence-electron chi connectivity index (χ1n) is 7.96. The van der Waals surface area contributed by atoms with Crippen LogP contribution in [0.3, 0.4) is 0 Å². The summed E-state index contributed by atoms with van der Waals surface area (Å²) in [5.41, 5.74) is 5.67. The number of carbonyl (C=O) groups excluding carboxylic acids is 1. The number of fused-ring (bicyclic) bond motifs is 1. The van der Waals surface area contributed by atoms with E-state index in [0.29, 0.717) is 38.0 Å². The van der Waals surface area contributed by atoms with Gasteiger partial charge in [-0.05, 0) is 51.6 Å². The van der Waals surface area contributed by atoms with E-state index in [1.165, 1.54) is 19.4 Å². The quantitative estimate of drug-likeness (QED) is 0.757. The molecule has 2 unspecified atom stereocenters. The number of rotatable bonds is 1. The van der Waals surface area contributed by atoms with Crippen LogP contribution in [0.4, 0.5) is 0 Å². The Bertz CT molecular complexity index is 368. The van der Waals surface area contributed by atoms with Crippen LogP contribution in [0.25, 0.3) is 0 Å². The van der Waals surface area contributed by atoms with E-state index in [1.54, 1.807) is 0 Å². The van der Waals surface area contributed by atoms with Gasteiger partial charge in [0.15, 0.2) is 0 Å². The van der Waals surface area contributed by atoms with Gasteiger partial charge in [-0.2, -0.15) is 0 Å². The molecule has 2 N–H and O–H groups in total. The highest BCUT2D eigenvalue weighted by Crippen LogP contribution is 2.31. The fraction of sp³-hybridized carbons (Fsp3) is 0.933. The SMILES string of the molecule is CN1CCCC2CN(C(=O)C3(N)CCOCC3)CCC21. The molecule has 0 saturated carbocycles. The molecule has 0 aromatic rings. The van der Waals surface area contributed by atoms with Crippen molar-refractivity contribution >= 4 is 5.91 Å². The summed E-state index contributed by atoms with van der Waals surface area (Å²) in [5, 5.41) is 0. The van der Waals surface area contributed by atoms with E-state index in [1.807, 2.05) is 4.90 Å². The van der Waals surface area contributed by atoms with E-state index < -0.39 is 5.54 Å². The summed E-state index contributed by atoms with van der Waals surface area (Å²) in [6.45, 7) is 4.20. The van der Waals surface area contributed by atoms with Gasteiger partial charge in [0.05, 0.1) is 5.54 Å². The Morgan fingerprint density at radius 3 is 2.75 bits per heavy atom. The lowest BCUT2D eigenvalue weighted by Gasteiger charge is -2.47. The molecule has 3 saturated heterocycles. The van der Waals surface area contributed by atoms with Crippen molar-refractivity contribution in [1.82, 2.24) is 9.80 Å². The molecule has 114 valence electrons. The molecular formula is C15H27N3O2. The van der Waals surface area contributed by atoms with Crippen LogP contribution in [-0.2, 0) is 9.53 Å². The van der Waals surface area contributed by atoms with E-state index in [2.05, 4.69) is 11.9 Å². The number of carbonyl (C=O) groups is 1. The first kappa shape index (κ1) is 14.3. The zero-order valence-corrected chi connectivity index (χ0v) is 12.5. The van der Waals surface area contributed by atoms with E-state index >= 15 is 0 Å². The van der Waals surface area contributed by atoms with Crippen LogP contribution in [0.1, 0.15) is 32.1 Å². The molecule has 20 heavy (non-hydrogen) atoms. The van der Waals surface area contributed by atoms with Crippen LogP contribution in [-0.4, -0.2) is 67.2 Å². The summed E-state index contributed by atoms with van der Waals surface area (Å²) in [6, 6.07) is 0.663. The number of amides is 1. The minimum Gasteiger partial charge on any atom is -0.381 e. The van der Waals surface area contributed by atoms with Crippen LogP contribution in [0.15, 0.2) is 0 Å². The first-order chi connectivity index (χ1) is 9.60. The molecule has 3 rings (SSSR count). The molecule has 0 spiro atoms. The highest BCUT2D eigenvalue weighted by atomic mass is 16.5. The Labute approximate surface area is 121 Å². The second kappa shape index (κ2) is 5.62. The average molecular weight is 281 g/mol. The molecule has 2 atom stereocenters. The monoisotopic (exact) mass is 281 g/mol. The number of hydrogen-bond acceptors (Lipinski definition) is 4. The molecular weight excluding hydrogens is 254 g/mol. The minimum atomic E-state index is -0.675. The highest BCUT2D eigenvalue weighted by molar-refractivity contribution is 5.86.